The predicted octanol–water partition coefficient (Wildman–Crippen LogP) is 4.09. The summed E-state index contributed by atoms with van der Waals surface area (Å²) >= 11 is 3.49. The number of benzene rings is 2. The Morgan fingerprint density at radius 2 is 2.04 bits per heavy atom. The monoisotopic (exact) mass is 433 g/mol. The molecule has 0 N–H and O–H groups in total. The Morgan fingerprint density at radius 1 is 1.14 bits per heavy atom. The number of rotatable bonds is 2. The maximum atomic E-state index is 13.2. The number of aromatic nitrogens is 4. The molecule has 4 aromatic rings. The van der Waals surface area contributed by atoms with Gasteiger partial charge in [0.2, 0.25) is 0 Å². The summed E-state index contributed by atoms with van der Waals surface area (Å²) in [5.74, 6) is -0.122. The quantitative estimate of drug-likeness (QED) is 0.477. The minimum absolute atomic E-state index is 0.122. The number of halogens is 1. The lowest BCUT2D eigenvalue weighted by Crippen LogP contribution is -2.29. The Hall–Kier alpha value is -3.06. The third-order valence-corrected chi connectivity index (χ3v) is 5.61. The third-order valence-electron chi connectivity index (χ3n) is 5.12. The highest BCUT2D eigenvalue weighted by Gasteiger charge is 2.29. The SMILES string of the molecule is Cc1c(C(=O)N2CCc3ccc(Br)cc32)nnn1-c1ccc2ncccc2c1. The Balaban J connectivity index is 1.52. The van der Waals surface area contributed by atoms with Crippen molar-refractivity contribution in [2.45, 2.75) is 13.3 Å². The molecule has 0 fully saturated rings. The van der Waals surface area contributed by atoms with Crippen LogP contribution in [0.3, 0.4) is 0 Å². The van der Waals surface area contributed by atoms with Gasteiger partial charge >= 0.3 is 0 Å². The fourth-order valence-corrected chi connectivity index (χ4v) is 4.01. The number of hydrogen-bond donors (Lipinski definition) is 0. The fraction of sp³-hybridized carbons (Fsp3) is 0.143. The highest BCUT2D eigenvalue weighted by Crippen LogP contribution is 2.32. The summed E-state index contributed by atoms with van der Waals surface area (Å²) in [6, 6.07) is 15.8. The second-order valence-electron chi connectivity index (χ2n) is 6.80. The Kier molecular flexibility index (Phi) is 3.98. The summed E-state index contributed by atoms with van der Waals surface area (Å²) in [5.41, 5.74) is 4.97. The third kappa shape index (κ3) is 2.70. The van der Waals surface area contributed by atoms with Crippen LogP contribution in [0.2, 0.25) is 0 Å². The number of carbonyl (C=O) groups is 1. The number of pyridine rings is 1. The van der Waals surface area contributed by atoms with Crippen molar-refractivity contribution in [2.24, 2.45) is 0 Å². The van der Waals surface area contributed by atoms with Crippen molar-refractivity contribution in [3.05, 3.63) is 76.2 Å². The van der Waals surface area contributed by atoms with E-state index in [2.05, 4.69) is 37.3 Å². The zero-order chi connectivity index (χ0) is 19.3. The molecule has 0 spiro atoms. The van der Waals surface area contributed by atoms with Gasteiger partial charge in [-0.3, -0.25) is 9.78 Å². The van der Waals surface area contributed by atoms with Gasteiger partial charge in [-0.25, -0.2) is 4.68 Å². The molecule has 0 bridgehead atoms. The normalized spacial score (nSPS) is 13.1. The van der Waals surface area contributed by atoms with Gasteiger partial charge in [-0.2, -0.15) is 0 Å². The molecule has 0 saturated heterocycles. The number of amides is 1. The lowest BCUT2D eigenvalue weighted by molar-refractivity contribution is 0.0984. The topological polar surface area (TPSA) is 63.9 Å². The van der Waals surface area contributed by atoms with E-state index in [-0.39, 0.29) is 5.91 Å². The van der Waals surface area contributed by atoms with E-state index in [0.717, 1.165) is 38.9 Å². The van der Waals surface area contributed by atoms with E-state index in [4.69, 9.17) is 0 Å². The van der Waals surface area contributed by atoms with Crippen LogP contribution in [0.25, 0.3) is 16.6 Å². The van der Waals surface area contributed by atoms with E-state index in [1.54, 1.807) is 15.8 Å². The lowest BCUT2D eigenvalue weighted by Gasteiger charge is -2.16. The molecule has 2 aromatic carbocycles. The Morgan fingerprint density at radius 3 is 2.93 bits per heavy atom. The molecule has 0 aliphatic carbocycles. The van der Waals surface area contributed by atoms with E-state index in [9.17, 15) is 4.79 Å². The van der Waals surface area contributed by atoms with Crippen LogP contribution < -0.4 is 4.90 Å². The van der Waals surface area contributed by atoms with Crippen molar-refractivity contribution < 1.29 is 4.79 Å². The summed E-state index contributed by atoms with van der Waals surface area (Å²) in [5, 5.41) is 9.47. The average Bonchev–Trinajstić information content (AvgIpc) is 3.30. The fourth-order valence-electron chi connectivity index (χ4n) is 3.66. The van der Waals surface area contributed by atoms with Crippen molar-refractivity contribution in [2.75, 3.05) is 11.4 Å². The number of carbonyl (C=O) groups excluding carboxylic acids is 1. The first-order valence-electron chi connectivity index (χ1n) is 8.99. The molecule has 28 heavy (non-hydrogen) atoms. The molecule has 2 aromatic heterocycles. The largest absolute Gasteiger partial charge is 0.306 e. The molecular weight excluding hydrogens is 418 g/mol. The first-order chi connectivity index (χ1) is 13.6. The van der Waals surface area contributed by atoms with Gasteiger partial charge in [-0.05, 0) is 55.3 Å². The van der Waals surface area contributed by atoms with Gasteiger partial charge in [0.05, 0.1) is 16.9 Å². The molecule has 0 radical (unpaired) electrons. The van der Waals surface area contributed by atoms with Crippen LogP contribution in [-0.4, -0.2) is 32.4 Å². The van der Waals surface area contributed by atoms with Gasteiger partial charge in [0.25, 0.3) is 5.91 Å². The van der Waals surface area contributed by atoms with E-state index in [1.807, 2.05) is 49.4 Å². The molecule has 138 valence electrons. The molecule has 0 unspecified atom stereocenters. The zero-order valence-electron chi connectivity index (χ0n) is 15.1. The van der Waals surface area contributed by atoms with E-state index < -0.39 is 0 Å². The van der Waals surface area contributed by atoms with Crippen LogP contribution in [0.4, 0.5) is 5.69 Å². The first-order valence-corrected chi connectivity index (χ1v) is 9.79. The zero-order valence-corrected chi connectivity index (χ0v) is 16.7. The predicted molar refractivity (Wildman–Crippen MR) is 111 cm³/mol. The molecule has 6 nitrogen and oxygen atoms in total. The molecule has 0 saturated carbocycles. The molecule has 5 rings (SSSR count). The molecule has 3 heterocycles. The van der Waals surface area contributed by atoms with Gasteiger partial charge in [0.1, 0.15) is 0 Å². The minimum atomic E-state index is -0.122. The second kappa shape index (κ2) is 6.53. The highest BCUT2D eigenvalue weighted by atomic mass is 79.9. The van der Waals surface area contributed by atoms with Crippen molar-refractivity contribution in [1.29, 1.82) is 0 Å². The van der Waals surface area contributed by atoms with Crippen molar-refractivity contribution in [3.8, 4) is 5.69 Å². The summed E-state index contributed by atoms with van der Waals surface area (Å²) in [4.78, 5) is 19.3. The Labute approximate surface area is 169 Å². The van der Waals surface area contributed by atoms with Crippen LogP contribution in [0.15, 0.2) is 59.2 Å². The van der Waals surface area contributed by atoms with Crippen LogP contribution in [0.1, 0.15) is 21.7 Å². The molecular formula is C21H16BrN5O. The maximum Gasteiger partial charge on any atom is 0.280 e. The Bertz CT molecular complexity index is 1230. The number of nitrogens with zero attached hydrogens (tertiary/aromatic N) is 5. The van der Waals surface area contributed by atoms with Crippen LogP contribution in [0, 0.1) is 6.92 Å². The number of fused-ring (bicyclic) bond motifs is 2. The van der Waals surface area contributed by atoms with Gasteiger partial charge in [-0.1, -0.05) is 33.3 Å². The summed E-state index contributed by atoms with van der Waals surface area (Å²) in [6.45, 7) is 2.52. The van der Waals surface area contributed by atoms with E-state index in [1.165, 1.54) is 5.56 Å². The lowest BCUT2D eigenvalue weighted by atomic mass is 10.2. The van der Waals surface area contributed by atoms with Crippen molar-refractivity contribution >= 4 is 38.4 Å². The van der Waals surface area contributed by atoms with Gasteiger partial charge < -0.3 is 4.90 Å². The van der Waals surface area contributed by atoms with E-state index >= 15 is 0 Å². The second-order valence-corrected chi connectivity index (χ2v) is 7.71. The minimum Gasteiger partial charge on any atom is -0.306 e. The molecule has 7 heteroatoms. The standard InChI is InChI=1S/C21H16BrN5O/c1-13-20(21(28)26-10-8-14-4-5-16(22)12-19(14)26)24-25-27(13)17-6-7-18-15(11-17)3-2-9-23-18/h2-7,9,11-12H,8,10H2,1H3. The van der Waals surface area contributed by atoms with Crippen LogP contribution in [-0.2, 0) is 6.42 Å². The van der Waals surface area contributed by atoms with E-state index in [0.29, 0.717) is 12.2 Å². The van der Waals surface area contributed by atoms with Crippen LogP contribution in [0.5, 0.6) is 0 Å². The van der Waals surface area contributed by atoms with Gasteiger partial charge in [0, 0.05) is 28.3 Å². The summed E-state index contributed by atoms with van der Waals surface area (Å²) in [6.07, 6.45) is 2.62. The molecule has 1 amide bonds. The smallest absolute Gasteiger partial charge is 0.280 e. The molecule has 1 aliphatic heterocycles. The summed E-state index contributed by atoms with van der Waals surface area (Å²) < 4.78 is 2.66. The van der Waals surface area contributed by atoms with Gasteiger partial charge in [0.15, 0.2) is 5.69 Å². The maximum absolute atomic E-state index is 13.2. The van der Waals surface area contributed by atoms with Crippen molar-refractivity contribution in [3.63, 3.8) is 0 Å². The first kappa shape index (κ1) is 17.1. The molecule has 0 atom stereocenters. The highest BCUT2D eigenvalue weighted by molar-refractivity contribution is 9.10. The van der Waals surface area contributed by atoms with Crippen molar-refractivity contribution in [1.82, 2.24) is 20.0 Å². The van der Waals surface area contributed by atoms with Gasteiger partial charge in [-0.15, -0.1) is 5.10 Å². The summed E-state index contributed by atoms with van der Waals surface area (Å²) in [7, 11) is 0. The molecule has 1 aliphatic rings. The number of anilines is 1. The average molecular weight is 434 g/mol. The number of hydrogen-bond acceptors (Lipinski definition) is 4. The van der Waals surface area contributed by atoms with Crippen LogP contribution >= 0.6 is 15.9 Å².